The van der Waals surface area contributed by atoms with E-state index in [2.05, 4.69) is 14.9 Å². The number of nitrogens with zero attached hydrogens (tertiary/aromatic N) is 3. The van der Waals surface area contributed by atoms with Crippen LogP contribution in [-0.4, -0.2) is 21.4 Å². The van der Waals surface area contributed by atoms with Crippen LogP contribution in [0, 0.1) is 11.6 Å². The molecule has 0 radical (unpaired) electrons. The van der Waals surface area contributed by atoms with Gasteiger partial charge in [0.05, 0.1) is 11.3 Å². The second-order valence-corrected chi connectivity index (χ2v) is 6.95. The highest BCUT2D eigenvalue weighted by Crippen LogP contribution is 2.30. The first-order valence-electron chi connectivity index (χ1n) is 8.98. The maximum absolute atomic E-state index is 13.4. The third-order valence-corrected chi connectivity index (χ3v) is 4.87. The fourth-order valence-electron chi connectivity index (χ4n) is 3.35. The summed E-state index contributed by atoms with van der Waals surface area (Å²) in [4.78, 5) is 10.9. The fraction of sp³-hybridized carbons (Fsp3) is 0.238. The lowest BCUT2D eigenvalue weighted by Crippen LogP contribution is -2.31. The van der Waals surface area contributed by atoms with E-state index < -0.39 is 23.4 Å². The van der Waals surface area contributed by atoms with Gasteiger partial charge in [-0.2, -0.15) is 13.2 Å². The van der Waals surface area contributed by atoms with Crippen molar-refractivity contribution in [2.75, 3.05) is 6.54 Å². The normalized spacial score (nSPS) is 14.7. The smallest absolute Gasteiger partial charge is 0.294 e. The van der Waals surface area contributed by atoms with Crippen molar-refractivity contribution in [1.29, 1.82) is 0 Å². The molecule has 3 nitrogen and oxygen atoms in total. The number of halogens is 5. The van der Waals surface area contributed by atoms with Gasteiger partial charge in [-0.3, -0.25) is 4.90 Å². The quantitative estimate of drug-likeness (QED) is 0.575. The van der Waals surface area contributed by atoms with E-state index in [1.54, 1.807) is 12.3 Å². The van der Waals surface area contributed by atoms with E-state index in [1.165, 1.54) is 18.2 Å². The van der Waals surface area contributed by atoms with Crippen molar-refractivity contribution in [2.45, 2.75) is 25.7 Å². The molecule has 4 rings (SSSR count). The number of benzene rings is 2. The van der Waals surface area contributed by atoms with Gasteiger partial charge in [-0.15, -0.1) is 0 Å². The third kappa shape index (κ3) is 4.27. The van der Waals surface area contributed by atoms with E-state index >= 15 is 0 Å². The van der Waals surface area contributed by atoms with Crippen molar-refractivity contribution >= 4 is 0 Å². The van der Waals surface area contributed by atoms with Crippen molar-refractivity contribution < 1.29 is 22.0 Å². The van der Waals surface area contributed by atoms with Crippen molar-refractivity contribution in [1.82, 2.24) is 14.9 Å². The fourth-order valence-corrected chi connectivity index (χ4v) is 3.35. The Bertz CT molecular complexity index is 1030. The Labute approximate surface area is 163 Å². The first-order valence-corrected chi connectivity index (χ1v) is 8.98. The molecule has 1 aliphatic heterocycles. The minimum atomic E-state index is -4.38. The maximum atomic E-state index is 13.4. The van der Waals surface area contributed by atoms with Crippen molar-refractivity contribution in [2.24, 2.45) is 0 Å². The lowest BCUT2D eigenvalue weighted by Gasteiger charge is -2.28. The summed E-state index contributed by atoms with van der Waals surface area (Å²) >= 11 is 0. The summed E-state index contributed by atoms with van der Waals surface area (Å²) in [6, 6.07) is 8.62. The topological polar surface area (TPSA) is 29.0 Å². The molecule has 0 unspecified atom stereocenters. The Morgan fingerprint density at radius 3 is 2.41 bits per heavy atom. The van der Waals surface area contributed by atoms with Crippen LogP contribution in [0.1, 0.15) is 22.4 Å². The van der Waals surface area contributed by atoms with Gasteiger partial charge in [0.15, 0.2) is 17.5 Å². The average Bonchev–Trinajstić information content (AvgIpc) is 2.70. The molecule has 29 heavy (non-hydrogen) atoms. The zero-order chi connectivity index (χ0) is 20.6. The van der Waals surface area contributed by atoms with Gasteiger partial charge in [0, 0.05) is 43.4 Å². The molecule has 1 aromatic heterocycles. The van der Waals surface area contributed by atoms with Crippen LogP contribution in [0.2, 0.25) is 0 Å². The number of aromatic nitrogens is 2. The van der Waals surface area contributed by atoms with Crippen LogP contribution in [0.15, 0.2) is 48.7 Å². The highest BCUT2D eigenvalue weighted by atomic mass is 19.4. The molecule has 1 aliphatic rings. The van der Waals surface area contributed by atoms with Gasteiger partial charge < -0.3 is 0 Å². The van der Waals surface area contributed by atoms with Crippen LogP contribution < -0.4 is 0 Å². The molecule has 0 N–H and O–H groups in total. The molecule has 0 spiro atoms. The van der Waals surface area contributed by atoms with E-state index in [0.717, 1.165) is 29.5 Å². The highest BCUT2D eigenvalue weighted by molar-refractivity contribution is 5.56. The summed E-state index contributed by atoms with van der Waals surface area (Å²) in [6.45, 7) is 1.70. The van der Waals surface area contributed by atoms with Gasteiger partial charge >= 0.3 is 6.18 Å². The lowest BCUT2D eigenvalue weighted by molar-refractivity contribution is -0.137. The Hall–Kier alpha value is -2.87. The summed E-state index contributed by atoms with van der Waals surface area (Å²) in [5.74, 6) is -1.36. The minimum Gasteiger partial charge on any atom is -0.294 e. The predicted octanol–water partition coefficient (Wildman–Crippen LogP) is 5.00. The Morgan fingerprint density at radius 1 is 0.966 bits per heavy atom. The van der Waals surface area contributed by atoms with Crippen molar-refractivity contribution in [3.8, 4) is 11.4 Å². The zero-order valence-electron chi connectivity index (χ0n) is 15.2. The van der Waals surface area contributed by atoms with Gasteiger partial charge in [-0.25, -0.2) is 18.7 Å². The number of fused-ring (bicyclic) bond motifs is 1. The molecule has 2 aromatic carbocycles. The zero-order valence-corrected chi connectivity index (χ0v) is 15.2. The molecule has 0 saturated heterocycles. The summed E-state index contributed by atoms with van der Waals surface area (Å²) in [6.07, 6.45) is -2.08. The second kappa shape index (κ2) is 7.51. The van der Waals surface area contributed by atoms with Gasteiger partial charge in [0.25, 0.3) is 0 Å². The average molecular weight is 405 g/mol. The summed E-state index contributed by atoms with van der Waals surface area (Å²) in [7, 11) is 0. The number of hydrogen-bond acceptors (Lipinski definition) is 3. The number of hydrogen-bond donors (Lipinski definition) is 0. The van der Waals surface area contributed by atoms with Crippen molar-refractivity contribution in [3.05, 3.63) is 82.7 Å². The molecule has 2 heterocycles. The van der Waals surface area contributed by atoms with E-state index in [0.29, 0.717) is 43.0 Å². The van der Waals surface area contributed by atoms with Crippen LogP contribution in [0.5, 0.6) is 0 Å². The first-order chi connectivity index (χ1) is 13.8. The third-order valence-electron chi connectivity index (χ3n) is 4.87. The molecule has 0 fully saturated rings. The molecule has 0 aliphatic carbocycles. The van der Waals surface area contributed by atoms with E-state index in [4.69, 9.17) is 0 Å². The Morgan fingerprint density at radius 2 is 1.72 bits per heavy atom. The second-order valence-electron chi connectivity index (χ2n) is 6.95. The van der Waals surface area contributed by atoms with Gasteiger partial charge in [0.2, 0.25) is 0 Å². The lowest BCUT2D eigenvalue weighted by atomic mass is 10.1. The monoisotopic (exact) mass is 405 g/mol. The van der Waals surface area contributed by atoms with E-state index in [9.17, 15) is 22.0 Å². The molecule has 8 heteroatoms. The van der Waals surface area contributed by atoms with Gasteiger partial charge in [0.1, 0.15) is 0 Å². The summed E-state index contributed by atoms with van der Waals surface area (Å²) in [5, 5.41) is 0. The van der Waals surface area contributed by atoms with Crippen LogP contribution >= 0.6 is 0 Å². The summed E-state index contributed by atoms with van der Waals surface area (Å²) in [5.41, 5.74) is 2.23. The van der Waals surface area contributed by atoms with Crippen LogP contribution in [0.3, 0.4) is 0 Å². The van der Waals surface area contributed by atoms with Gasteiger partial charge in [-0.1, -0.05) is 18.2 Å². The largest absolute Gasteiger partial charge is 0.416 e. The molecule has 150 valence electrons. The van der Waals surface area contributed by atoms with E-state index in [1.807, 2.05) is 0 Å². The molecule has 0 saturated carbocycles. The Balaban J connectivity index is 1.49. The SMILES string of the molecule is Fc1ccc(CN2CCc3nc(-c4ccc(C(F)(F)F)cc4)ncc3C2)cc1F. The Kier molecular flexibility index (Phi) is 5.04. The number of rotatable bonds is 3. The summed E-state index contributed by atoms with van der Waals surface area (Å²) < 4.78 is 64.6. The minimum absolute atomic E-state index is 0.381. The molecule has 0 amide bonds. The van der Waals surface area contributed by atoms with E-state index in [-0.39, 0.29) is 0 Å². The molecular weight excluding hydrogens is 389 g/mol. The standard InChI is InChI=1S/C21H16F5N3/c22-17-6-1-13(9-18(17)23)11-29-8-7-19-15(12-29)10-27-20(28-19)14-2-4-16(5-3-14)21(24,25)26/h1-6,9-10H,7-8,11-12H2. The molecule has 0 bridgehead atoms. The molecule has 3 aromatic rings. The van der Waals surface area contributed by atoms with Crippen LogP contribution in [0.4, 0.5) is 22.0 Å². The van der Waals surface area contributed by atoms with Gasteiger partial charge in [-0.05, 0) is 29.8 Å². The molecule has 0 atom stereocenters. The highest BCUT2D eigenvalue weighted by Gasteiger charge is 2.30. The van der Waals surface area contributed by atoms with Crippen LogP contribution in [0.25, 0.3) is 11.4 Å². The first kappa shape index (κ1) is 19.4. The van der Waals surface area contributed by atoms with Crippen molar-refractivity contribution in [3.63, 3.8) is 0 Å². The maximum Gasteiger partial charge on any atom is 0.416 e. The molecular formula is C21H16F5N3. The predicted molar refractivity (Wildman–Crippen MR) is 96.6 cm³/mol. The number of alkyl halides is 3. The van der Waals surface area contributed by atoms with Crippen LogP contribution in [-0.2, 0) is 25.7 Å².